The van der Waals surface area contributed by atoms with Crippen LogP contribution in [0, 0.1) is 6.92 Å². The van der Waals surface area contributed by atoms with Crippen molar-refractivity contribution in [1.29, 1.82) is 0 Å². The van der Waals surface area contributed by atoms with Crippen LogP contribution in [0.4, 0.5) is 5.13 Å². The van der Waals surface area contributed by atoms with E-state index in [1.807, 2.05) is 25.1 Å². The number of carbonyl (C=O) groups excluding carboxylic acids is 1. The van der Waals surface area contributed by atoms with Gasteiger partial charge in [-0.2, -0.15) is 0 Å². The second kappa shape index (κ2) is 5.07. The zero-order chi connectivity index (χ0) is 13.3. The molecule has 1 aromatic heterocycles. The normalized spacial score (nSPS) is 10.4. The van der Waals surface area contributed by atoms with Gasteiger partial charge in [0.15, 0.2) is 10.8 Å². The van der Waals surface area contributed by atoms with E-state index in [0.717, 1.165) is 20.5 Å². The lowest BCUT2D eigenvalue weighted by Crippen LogP contribution is -2.03. The summed E-state index contributed by atoms with van der Waals surface area (Å²) < 4.78 is 5.72. The minimum absolute atomic E-state index is 0.265. The molecule has 2 aromatic rings. The van der Waals surface area contributed by atoms with Crippen LogP contribution >= 0.6 is 27.3 Å². The lowest BCUT2D eigenvalue weighted by molar-refractivity contribution is 0.0596. The molecular formula is C12H11BrN2O2S. The molecule has 0 saturated heterocycles. The van der Waals surface area contributed by atoms with Crippen molar-refractivity contribution in [3.8, 4) is 10.4 Å². The second-order valence-electron chi connectivity index (χ2n) is 3.69. The van der Waals surface area contributed by atoms with Crippen LogP contribution in [-0.2, 0) is 4.74 Å². The number of aryl methyl sites for hydroxylation is 1. The van der Waals surface area contributed by atoms with E-state index in [9.17, 15) is 4.79 Å². The number of carbonyl (C=O) groups is 1. The Kier molecular flexibility index (Phi) is 3.68. The summed E-state index contributed by atoms with van der Waals surface area (Å²) in [5.41, 5.74) is 7.92. The van der Waals surface area contributed by atoms with Gasteiger partial charge in [-0.3, -0.25) is 0 Å². The average molecular weight is 327 g/mol. The number of rotatable bonds is 2. The van der Waals surface area contributed by atoms with Crippen LogP contribution in [-0.4, -0.2) is 18.1 Å². The standard InChI is InChI=1S/C12H11BrN2O2S/c1-6-5-7(3-4-8(6)13)10-9(11(16)17-2)15-12(14)18-10/h3-5H,1-2H3,(H2,14,15). The number of hydrogen-bond donors (Lipinski definition) is 1. The minimum atomic E-state index is -0.474. The predicted octanol–water partition coefficient (Wildman–Crippen LogP) is 3.25. The fourth-order valence-corrected chi connectivity index (χ4v) is 2.62. The molecule has 2 N–H and O–H groups in total. The monoisotopic (exact) mass is 326 g/mol. The number of anilines is 1. The summed E-state index contributed by atoms with van der Waals surface area (Å²) in [6.45, 7) is 1.98. The highest BCUT2D eigenvalue weighted by Gasteiger charge is 2.19. The Labute approximate surface area is 117 Å². The van der Waals surface area contributed by atoms with Gasteiger partial charge in [0, 0.05) is 4.47 Å². The quantitative estimate of drug-likeness (QED) is 0.860. The summed E-state index contributed by atoms with van der Waals surface area (Å²) in [7, 11) is 1.33. The highest BCUT2D eigenvalue weighted by Crippen LogP contribution is 2.33. The smallest absolute Gasteiger partial charge is 0.358 e. The molecule has 0 saturated carbocycles. The number of halogens is 1. The van der Waals surface area contributed by atoms with Crippen LogP contribution in [0.1, 0.15) is 16.1 Å². The molecule has 0 fully saturated rings. The molecule has 0 aliphatic heterocycles. The second-order valence-corrected chi connectivity index (χ2v) is 5.57. The van der Waals surface area contributed by atoms with E-state index in [0.29, 0.717) is 5.13 Å². The molecule has 0 unspecified atom stereocenters. The third-order valence-corrected chi connectivity index (χ3v) is 4.27. The summed E-state index contributed by atoms with van der Waals surface area (Å²) in [6, 6.07) is 5.82. The molecule has 1 aromatic carbocycles. The first-order chi connectivity index (χ1) is 8.52. The van der Waals surface area contributed by atoms with Gasteiger partial charge in [-0.1, -0.05) is 33.3 Å². The van der Waals surface area contributed by atoms with Gasteiger partial charge in [0.1, 0.15) is 0 Å². The number of esters is 1. The molecule has 0 aliphatic rings. The number of benzene rings is 1. The fraction of sp³-hybridized carbons (Fsp3) is 0.167. The van der Waals surface area contributed by atoms with Crippen molar-refractivity contribution >= 4 is 38.4 Å². The van der Waals surface area contributed by atoms with E-state index in [-0.39, 0.29) is 5.69 Å². The zero-order valence-corrected chi connectivity index (χ0v) is 12.3. The number of nitrogens with zero attached hydrogens (tertiary/aromatic N) is 1. The first kappa shape index (κ1) is 13.0. The van der Waals surface area contributed by atoms with Crippen LogP contribution < -0.4 is 5.73 Å². The summed E-state index contributed by atoms with van der Waals surface area (Å²) in [5.74, 6) is -0.474. The van der Waals surface area contributed by atoms with Gasteiger partial charge in [0.25, 0.3) is 0 Å². The number of aromatic nitrogens is 1. The summed E-state index contributed by atoms with van der Waals surface area (Å²) in [5, 5.41) is 0.353. The van der Waals surface area contributed by atoms with E-state index in [4.69, 9.17) is 10.5 Å². The number of ether oxygens (including phenoxy) is 1. The van der Waals surface area contributed by atoms with E-state index in [2.05, 4.69) is 20.9 Å². The Morgan fingerprint density at radius 2 is 2.22 bits per heavy atom. The number of hydrogen-bond acceptors (Lipinski definition) is 5. The average Bonchev–Trinajstić information content (AvgIpc) is 2.74. The van der Waals surface area contributed by atoms with E-state index >= 15 is 0 Å². The van der Waals surface area contributed by atoms with Gasteiger partial charge in [-0.25, -0.2) is 9.78 Å². The molecule has 0 spiro atoms. The molecule has 0 aliphatic carbocycles. The van der Waals surface area contributed by atoms with Gasteiger partial charge >= 0.3 is 5.97 Å². The van der Waals surface area contributed by atoms with Gasteiger partial charge < -0.3 is 10.5 Å². The topological polar surface area (TPSA) is 65.2 Å². The molecule has 0 bridgehead atoms. The molecule has 0 amide bonds. The van der Waals surface area contributed by atoms with Crippen LogP contribution in [0.5, 0.6) is 0 Å². The van der Waals surface area contributed by atoms with Crippen LogP contribution in [0.3, 0.4) is 0 Å². The van der Waals surface area contributed by atoms with Gasteiger partial charge in [0.2, 0.25) is 0 Å². The molecule has 0 radical (unpaired) electrons. The van der Waals surface area contributed by atoms with Crippen molar-refractivity contribution in [1.82, 2.24) is 4.98 Å². The van der Waals surface area contributed by atoms with E-state index in [1.54, 1.807) is 0 Å². The minimum Gasteiger partial charge on any atom is -0.464 e. The molecule has 94 valence electrons. The van der Waals surface area contributed by atoms with Crippen LogP contribution in [0.15, 0.2) is 22.7 Å². The first-order valence-electron chi connectivity index (χ1n) is 5.14. The molecule has 6 heteroatoms. The predicted molar refractivity (Wildman–Crippen MR) is 75.7 cm³/mol. The maximum Gasteiger partial charge on any atom is 0.358 e. The number of nitrogens with two attached hydrogens (primary N) is 1. The van der Waals surface area contributed by atoms with Crippen molar-refractivity contribution < 1.29 is 9.53 Å². The molecule has 18 heavy (non-hydrogen) atoms. The van der Waals surface area contributed by atoms with Crippen molar-refractivity contribution in [2.45, 2.75) is 6.92 Å². The zero-order valence-electron chi connectivity index (χ0n) is 9.86. The lowest BCUT2D eigenvalue weighted by Gasteiger charge is -2.03. The number of thiazole rings is 1. The SMILES string of the molecule is COC(=O)c1nc(N)sc1-c1ccc(Br)c(C)c1. The summed E-state index contributed by atoms with van der Waals surface area (Å²) in [6.07, 6.45) is 0. The van der Waals surface area contributed by atoms with E-state index in [1.165, 1.54) is 18.4 Å². The largest absolute Gasteiger partial charge is 0.464 e. The highest BCUT2D eigenvalue weighted by atomic mass is 79.9. The molecular weight excluding hydrogens is 316 g/mol. The van der Waals surface area contributed by atoms with Crippen molar-refractivity contribution in [2.75, 3.05) is 12.8 Å². The van der Waals surface area contributed by atoms with Crippen LogP contribution in [0.25, 0.3) is 10.4 Å². The highest BCUT2D eigenvalue weighted by molar-refractivity contribution is 9.10. The van der Waals surface area contributed by atoms with Gasteiger partial charge in [0.05, 0.1) is 12.0 Å². The number of nitrogen functional groups attached to an aromatic ring is 1. The maximum atomic E-state index is 11.6. The van der Waals surface area contributed by atoms with Crippen LogP contribution in [0.2, 0.25) is 0 Å². The Morgan fingerprint density at radius 3 is 2.83 bits per heavy atom. The van der Waals surface area contributed by atoms with Gasteiger partial charge in [-0.05, 0) is 30.2 Å². The first-order valence-corrected chi connectivity index (χ1v) is 6.75. The van der Waals surface area contributed by atoms with Gasteiger partial charge in [-0.15, -0.1) is 0 Å². The third-order valence-electron chi connectivity index (χ3n) is 2.44. The Balaban J connectivity index is 2.56. The van der Waals surface area contributed by atoms with Crippen molar-refractivity contribution in [3.63, 3.8) is 0 Å². The molecule has 1 heterocycles. The number of methoxy groups -OCH3 is 1. The Bertz CT molecular complexity index is 610. The Morgan fingerprint density at radius 1 is 1.50 bits per heavy atom. The maximum absolute atomic E-state index is 11.6. The van der Waals surface area contributed by atoms with Crippen molar-refractivity contribution in [2.24, 2.45) is 0 Å². The molecule has 0 atom stereocenters. The molecule has 4 nitrogen and oxygen atoms in total. The Hall–Kier alpha value is -1.40. The lowest BCUT2D eigenvalue weighted by atomic mass is 10.1. The summed E-state index contributed by atoms with van der Waals surface area (Å²) >= 11 is 4.72. The molecule has 2 rings (SSSR count). The third kappa shape index (κ3) is 2.39. The van der Waals surface area contributed by atoms with E-state index < -0.39 is 5.97 Å². The van der Waals surface area contributed by atoms with Crippen molar-refractivity contribution in [3.05, 3.63) is 33.9 Å². The summed E-state index contributed by atoms with van der Waals surface area (Å²) in [4.78, 5) is 16.4. The fourth-order valence-electron chi connectivity index (χ4n) is 1.55.